The number of halogens is 2. The van der Waals surface area contributed by atoms with Crippen LogP contribution in [0, 0.1) is 0 Å². The van der Waals surface area contributed by atoms with Crippen molar-refractivity contribution in [2.24, 2.45) is 0 Å². The van der Waals surface area contributed by atoms with Crippen LogP contribution in [0.2, 0.25) is 0 Å². The van der Waals surface area contributed by atoms with E-state index in [1.54, 1.807) is 6.07 Å². The standard InChI is InChI=1S/C18H14F2O7S/c19-18(20)28(23,24)13-4-1-11(2-5-13)17(22)27-10-14(21)12-3-6-15-16(9-12)26-8-7-25-15/h1-6,9,18H,7-8,10H2. The number of carbonyl (C=O) groups is 2. The number of ketones is 1. The van der Waals surface area contributed by atoms with Crippen molar-refractivity contribution in [3.63, 3.8) is 0 Å². The molecule has 0 spiro atoms. The van der Waals surface area contributed by atoms with Gasteiger partial charge in [-0.2, -0.15) is 8.78 Å². The summed E-state index contributed by atoms with van der Waals surface area (Å²) in [6.45, 7) is 0.210. The number of rotatable bonds is 6. The summed E-state index contributed by atoms with van der Waals surface area (Å²) in [5, 5.41) is 0. The van der Waals surface area contributed by atoms with E-state index < -0.39 is 38.8 Å². The van der Waals surface area contributed by atoms with Crippen molar-refractivity contribution < 1.29 is 41.0 Å². The zero-order valence-electron chi connectivity index (χ0n) is 14.3. The van der Waals surface area contributed by atoms with Crippen LogP contribution >= 0.6 is 0 Å². The third-order valence-corrected chi connectivity index (χ3v) is 5.25. The molecule has 0 amide bonds. The Morgan fingerprint density at radius 1 is 0.964 bits per heavy atom. The van der Waals surface area contributed by atoms with Crippen molar-refractivity contribution in [2.75, 3.05) is 19.8 Å². The Morgan fingerprint density at radius 3 is 2.21 bits per heavy atom. The average molecular weight is 412 g/mol. The molecule has 0 radical (unpaired) electrons. The summed E-state index contributed by atoms with van der Waals surface area (Å²) in [4.78, 5) is 23.6. The van der Waals surface area contributed by atoms with Gasteiger partial charge in [-0.15, -0.1) is 0 Å². The molecule has 0 N–H and O–H groups in total. The van der Waals surface area contributed by atoms with Gasteiger partial charge in [0, 0.05) is 5.56 Å². The molecule has 10 heteroatoms. The minimum Gasteiger partial charge on any atom is -0.486 e. The molecule has 148 valence electrons. The van der Waals surface area contributed by atoms with Gasteiger partial charge in [0.2, 0.25) is 9.84 Å². The summed E-state index contributed by atoms with van der Waals surface area (Å²) in [5.74, 6) is -4.01. The van der Waals surface area contributed by atoms with Gasteiger partial charge in [-0.05, 0) is 42.5 Å². The van der Waals surface area contributed by atoms with Crippen LogP contribution in [-0.2, 0) is 14.6 Å². The molecule has 0 unspecified atom stereocenters. The first kappa shape index (κ1) is 19.7. The highest BCUT2D eigenvalue weighted by atomic mass is 32.2. The van der Waals surface area contributed by atoms with Crippen LogP contribution < -0.4 is 9.47 Å². The predicted octanol–water partition coefficient (Wildman–Crippen LogP) is 2.49. The van der Waals surface area contributed by atoms with Crippen molar-refractivity contribution in [1.82, 2.24) is 0 Å². The van der Waals surface area contributed by atoms with Crippen LogP contribution in [0.15, 0.2) is 47.4 Å². The minimum absolute atomic E-state index is 0.0804. The first-order chi connectivity index (χ1) is 13.3. The van der Waals surface area contributed by atoms with Crippen LogP contribution in [0.5, 0.6) is 11.5 Å². The second-order valence-electron chi connectivity index (χ2n) is 5.69. The van der Waals surface area contributed by atoms with Gasteiger partial charge in [-0.3, -0.25) is 4.79 Å². The number of hydrogen-bond donors (Lipinski definition) is 0. The van der Waals surface area contributed by atoms with Gasteiger partial charge in [0.15, 0.2) is 23.9 Å². The topological polar surface area (TPSA) is 96.0 Å². The number of fused-ring (bicyclic) bond motifs is 1. The molecule has 2 aromatic rings. The Morgan fingerprint density at radius 2 is 1.57 bits per heavy atom. The lowest BCUT2D eigenvalue weighted by Crippen LogP contribution is -2.17. The van der Waals surface area contributed by atoms with E-state index >= 15 is 0 Å². The lowest BCUT2D eigenvalue weighted by molar-refractivity contribution is 0.0474. The molecular weight excluding hydrogens is 398 g/mol. The van der Waals surface area contributed by atoms with Crippen molar-refractivity contribution >= 4 is 21.6 Å². The molecule has 1 aliphatic heterocycles. The molecule has 0 saturated carbocycles. The summed E-state index contributed by atoms with van der Waals surface area (Å²) in [7, 11) is -4.75. The quantitative estimate of drug-likeness (QED) is 0.531. The fraction of sp³-hybridized carbons (Fsp3) is 0.222. The largest absolute Gasteiger partial charge is 0.486 e. The highest BCUT2D eigenvalue weighted by Gasteiger charge is 2.26. The van der Waals surface area contributed by atoms with Crippen LogP contribution in [0.1, 0.15) is 20.7 Å². The Kier molecular flexibility index (Phi) is 5.59. The number of carbonyl (C=O) groups excluding carboxylic acids is 2. The highest BCUT2D eigenvalue weighted by Crippen LogP contribution is 2.30. The summed E-state index contributed by atoms with van der Waals surface area (Å²) in [6, 6.07) is 8.38. The minimum atomic E-state index is -4.75. The van der Waals surface area contributed by atoms with Crippen LogP contribution in [0.25, 0.3) is 0 Å². The first-order valence-electron chi connectivity index (χ1n) is 8.01. The fourth-order valence-corrected chi connectivity index (χ4v) is 3.12. The summed E-state index contributed by atoms with van der Waals surface area (Å²) in [6.07, 6.45) is 0. The first-order valence-corrected chi connectivity index (χ1v) is 9.56. The summed E-state index contributed by atoms with van der Waals surface area (Å²) in [5.41, 5.74) is 0.179. The van der Waals surface area contributed by atoms with Crippen LogP contribution in [-0.4, -0.2) is 45.7 Å². The smallest absolute Gasteiger partial charge is 0.341 e. The van der Waals surface area contributed by atoms with Gasteiger partial charge in [-0.1, -0.05) is 0 Å². The number of sulfone groups is 1. The Balaban J connectivity index is 1.63. The van der Waals surface area contributed by atoms with Gasteiger partial charge in [0.1, 0.15) is 13.2 Å². The zero-order valence-corrected chi connectivity index (χ0v) is 15.1. The molecular formula is C18H14F2O7S. The Labute approximate surface area is 158 Å². The van der Waals surface area contributed by atoms with E-state index in [9.17, 15) is 26.8 Å². The molecule has 7 nitrogen and oxygen atoms in total. The van der Waals surface area contributed by atoms with Crippen LogP contribution in [0.3, 0.4) is 0 Å². The lowest BCUT2D eigenvalue weighted by Gasteiger charge is -2.18. The Hall–Kier alpha value is -3.01. The summed E-state index contributed by atoms with van der Waals surface area (Å²) >= 11 is 0. The van der Waals surface area contributed by atoms with E-state index in [2.05, 4.69) is 0 Å². The normalized spacial score (nSPS) is 13.2. The van der Waals surface area contributed by atoms with E-state index in [0.29, 0.717) is 24.7 Å². The van der Waals surface area contributed by atoms with E-state index in [-0.39, 0.29) is 11.1 Å². The second-order valence-corrected chi connectivity index (χ2v) is 7.61. The number of benzene rings is 2. The summed E-state index contributed by atoms with van der Waals surface area (Å²) < 4.78 is 63.3. The number of esters is 1. The molecule has 3 rings (SSSR count). The van der Waals surface area contributed by atoms with Gasteiger partial charge in [0.25, 0.3) is 0 Å². The van der Waals surface area contributed by atoms with Crippen LogP contribution in [0.4, 0.5) is 8.78 Å². The molecule has 1 heterocycles. The maximum Gasteiger partial charge on any atom is 0.341 e. The molecule has 0 atom stereocenters. The number of ether oxygens (including phenoxy) is 3. The third kappa shape index (κ3) is 4.11. The van der Waals surface area contributed by atoms with Gasteiger partial charge < -0.3 is 14.2 Å². The van der Waals surface area contributed by atoms with E-state index in [0.717, 1.165) is 24.3 Å². The molecule has 0 saturated heterocycles. The zero-order chi connectivity index (χ0) is 20.3. The van der Waals surface area contributed by atoms with Gasteiger partial charge in [-0.25, -0.2) is 13.2 Å². The molecule has 1 aliphatic rings. The van der Waals surface area contributed by atoms with Gasteiger partial charge >= 0.3 is 11.7 Å². The van der Waals surface area contributed by atoms with E-state index in [4.69, 9.17) is 14.2 Å². The van der Waals surface area contributed by atoms with Crippen molar-refractivity contribution in [3.8, 4) is 11.5 Å². The van der Waals surface area contributed by atoms with E-state index in [1.807, 2.05) is 0 Å². The lowest BCUT2D eigenvalue weighted by atomic mass is 10.1. The maximum atomic E-state index is 12.5. The molecule has 0 aromatic heterocycles. The molecule has 0 fully saturated rings. The Bertz CT molecular complexity index is 1000. The molecule has 0 aliphatic carbocycles. The van der Waals surface area contributed by atoms with E-state index in [1.165, 1.54) is 12.1 Å². The number of alkyl halides is 2. The molecule has 28 heavy (non-hydrogen) atoms. The van der Waals surface area contributed by atoms with Crippen molar-refractivity contribution in [3.05, 3.63) is 53.6 Å². The number of Topliss-reactive ketones (excluding diaryl/α,β-unsaturated/α-hetero) is 1. The maximum absolute atomic E-state index is 12.5. The fourth-order valence-electron chi connectivity index (χ4n) is 2.40. The third-order valence-electron chi connectivity index (χ3n) is 3.85. The molecule has 0 bridgehead atoms. The average Bonchev–Trinajstić information content (AvgIpc) is 2.71. The SMILES string of the molecule is O=C(COC(=O)c1ccc(S(=O)(=O)C(F)F)cc1)c1ccc2c(c1)OCCO2. The predicted molar refractivity (Wildman–Crippen MR) is 91.7 cm³/mol. The highest BCUT2D eigenvalue weighted by molar-refractivity contribution is 7.91. The van der Waals surface area contributed by atoms with Crippen molar-refractivity contribution in [2.45, 2.75) is 10.7 Å². The molecule has 2 aromatic carbocycles. The van der Waals surface area contributed by atoms with Gasteiger partial charge in [0.05, 0.1) is 10.5 Å². The number of hydrogen-bond acceptors (Lipinski definition) is 7. The van der Waals surface area contributed by atoms with Crippen molar-refractivity contribution in [1.29, 1.82) is 0 Å². The second kappa shape index (κ2) is 7.93. The monoisotopic (exact) mass is 412 g/mol.